The Morgan fingerprint density at radius 1 is 1.30 bits per heavy atom. The molecule has 6 heteroatoms. The van der Waals surface area contributed by atoms with Gasteiger partial charge in [-0.25, -0.2) is 4.79 Å². The topological polar surface area (TPSA) is 46.6 Å². The summed E-state index contributed by atoms with van der Waals surface area (Å²) in [6.45, 7) is 2.04. The van der Waals surface area contributed by atoms with Gasteiger partial charge in [0.15, 0.2) is 5.78 Å². The van der Waals surface area contributed by atoms with Crippen LogP contribution in [0.5, 0.6) is 0 Å². The van der Waals surface area contributed by atoms with Crippen molar-refractivity contribution in [3.63, 3.8) is 0 Å². The Bertz CT molecular complexity index is 638. The predicted octanol–water partition coefficient (Wildman–Crippen LogP) is 3.78. The highest BCUT2D eigenvalue weighted by atomic mass is 35.5. The van der Waals surface area contributed by atoms with Gasteiger partial charge in [-0.1, -0.05) is 23.7 Å². The molecular weight excluding hydrogens is 334 g/mol. The zero-order valence-corrected chi connectivity index (χ0v) is 15.2. The van der Waals surface area contributed by atoms with Crippen molar-refractivity contribution in [2.75, 3.05) is 27.0 Å². The highest BCUT2D eigenvalue weighted by Crippen LogP contribution is 2.21. The van der Waals surface area contributed by atoms with E-state index in [4.69, 9.17) is 16.3 Å². The van der Waals surface area contributed by atoms with E-state index in [9.17, 15) is 9.59 Å². The van der Waals surface area contributed by atoms with Crippen LogP contribution < -0.4 is 0 Å². The number of Topliss-reactive ketones (excluding diaryl/α,β-unsaturated/α-hetero) is 1. The Labute approximate surface area is 146 Å². The van der Waals surface area contributed by atoms with Crippen LogP contribution in [0.3, 0.4) is 0 Å². The van der Waals surface area contributed by atoms with E-state index in [0.717, 1.165) is 0 Å². The molecule has 4 nitrogen and oxygen atoms in total. The van der Waals surface area contributed by atoms with E-state index in [-0.39, 0.29) is 5.78 Å². The van der Waals surface area contributed by atoms with Crippen LogP contribution in [-0.2, 0) is 9.53 Å². The van der Waals surface area contributed by atoms with Crippen molar-refractivity contribution >= 4 is 35.1 Å². The third-order valence-corrected chi connectivity index (χ3v) is 3.89. The number of esters is 1. The van der Waals surface area contributed by atoms with Gasteiger partial charge in [0.2, 0.25) is 0 Å². The maximum Gasteiger partial charge on any atom is 0.354 e. The van der Waals surface area contributed by atoms with Crippen LogP contribution in [0.4, 0.5) is 0 Å². The SMILES string of the molecule is CCOC(=O)C(=CC=C(SC)C(=O)c1cccc(Cl)c1)N(C)C. The molecule has 0 bridgehead atoms. The van der Waals surface area contributed by atoms with Gasteiger partial charge in [-0.15, -0.1) is 11.8 Å². The molecular formula is C17H20ClNO3S. The van der Waals surface area contributed by atoms with Crippen molar-refractivity contribution in [3.05, 3.63) is 57.6 Å². The predicted molar refractivity (Wildman–Crippen MR) is 95.8 cm³/mol. The molecule has 124 valence electrons. The number of likely N-dealkylation sites (N-methyl/N-ethyl adjacent to an activating group) is 1. The molecule has 0 N–H and O–H groups in total. The number of carbonyl (C=O) groups excluding carboxylic acids is 2. The lowest BCUT2D eigenvalue weighted by atomic mass is 10.1. The zero-order valence-electron chi connectivity index (χ0n) is 13.6. The minimum Gasteiger partial charge on any atom is -0.461 e. The molecule has 0 fully saturated rings. The number of rotatable bonds is 7. The number of hydrogen-bond donors (Lipinski definition) is 0. The number of carbonyl (C=O) groups is 2. The third kappa shape index (κ3) is 5.77. The van der Waals surface area contributed by atoms with Crippen molar-refractivity contribution in [2.45, 2.75) is 6.92 Å². The Balaban J connectivity index is 3.11. The van der Waals surface area contributed by atoms with Gasteiger partial charge in [0, 0.05) is 24.7 Å². The van der Waals surface area contributed by atoms with Crippen LogP contribution in [-0.4, -0.2) is 43.6 Å². The van der Waals surface area contributed by atoms with Crippen LogP contribution in [0.25, 0.3) is 0 Å². The van der Waals surface area contributed by atoms with Crippen LogP contribution in [0.15, 0.2) is 47.0 Å². The Hall–Kier alpha value is -1.72. The lowest BCUT2D eigenvalue weighted by Crippen LogP contribution is -2.21. The molecule has 0 radical (unpaired) electrons. The Kier molecular flexibility index (Phi) is 7.92. The first-order valence-electron chi connectivity index (χ1n) is 7.01. The standard InChI is InChI=1S/C17H20ClNO3S/c1-5-22-17(21)14(19(2)3)9-10-15(23-4)16(20)12-7-6-8-13(18)11-12/h6-11H,5H2,1-4H3. The van der Waals surface area contributed by atoms with Crippen molar-refractivity contribution < 1.29 is 14.3 Å². The molecule has 0 aliphatic rings. The zero-order chi connectivity index (χ0) is 17.4. The molecule has 0 saturated heterocycles. The summed E-state index contributed by atoms with van der Waals surface area (Å²) in [7, 11) is 3.49. The van der Waals surface area contributed by atoms with E-state index in [0.29, 0.717) is 27.8 Å². The smallest absolute Gasteiger partial charge is 0.354 e. The second-order valence-electron chi connectivity index (χ2n) is 4.74. The highest BCUT2D eigenvalue weighted by molar-refractivity contribution is 8.03. The number of ketones is 1. The number of ether oxygens (including phenoxy) is 1. The van der Waals surface area contributed by atoms with Gasteiger partial charge < -0.3 is 9.64 Å². The average Bonchev–Trinajstić information content (AvgIpc) is 2.50. The second kappa shape index (κ2) is 9.43. The fourth-order valence-electron chi connectivity index (χ4n) is 1.77. The van der Waals surface area contributed by atoms with Crippen LogP contribution in [0.1, 0.15) is 17.3 Å². The maximum absolute atomic E-state index is 12.5. The molecule has 1 aromatic rings. The van der Waals surface area contributed by atoms with Gasteiger partial charge >= 0.3 is 5.97 Å². The summed E-state index contributed by atoms with van der Waals surface area (Å²) in [5.41, 5.74) is 0.881. The summed E-state index contributed by atoms with van der Waals surface area (Å²) in [5.74, 6) is -0.567. The normalized spacial score (nSPS) is 12.0. The molecule has 1 rings (SSSR count). The number of benzene rings is 1. The first kappa shape index (κ1) is 19.3. The third-order valence-electron chi connectivity index (χ3n) is 2.89. The van der Waals surface area contributed by atoms with E-state index < -0.39 is 5.97 Å². The van der Waals surface area contributed by atoms with Gasteiger partial charge in [-0.2, -0.15) is 0 Å². The molecule has 0 aliphatic heterocycles. The minimum absolute atomic E-state index is 0.141. The largest absolute Gasteiger partial charge is 0.461 e. The summed E-state index contributed by atoms with van der Waals surface area (Å²) in [6, 6.07) is 6.77. The maximum atomic E-state index is 12.5. The van der Waals surface area contributed by atoms with E-state index in [2.05, 4.69) is 0 Å². The van der Waals surface area contributed by atoms with Crippen LogP contribution in [0, 0.1) is 0 Å². The number of hydrogen-bond acceptors (Lipinski definition) is 5. The average molecular weight is 354 g/mol. The molecule has 23 heavy (non-hydrogen) atoms. The quantitative estimate of drug-likeness (QED) is 0.323. The van der Waals surface area contributed by atoms with Crippen LogP contribution >= 0.6 is 23.4 Å². The number of allylic oxidation sites excluding steroid dienone is 3. The Morgan fingerprint density at radius 3 is 2.52 bits per heavy atom. The van der Waals surface area contributed by atoms with Gasteiger partial charge in [0.05, 0.1) is 11.5 Å². The molecule has 0 atom stereocenters. The van der Waals surface area contributed by atoms with E-state index in [1.165, 1.54) is 11.8 Å². The number of thioether (sulfide) groups is 1. The first-order chi connectivity index (χ1) is 10.9. The molecule has 0 aromatic heterocycles. The van der Waals surface area contributed by atoms with Gasteiger partial charge in [0.1, 0.15) is 5.70 Å². The van der Waals surface area contributed by atoms with Crippen molar-refractivity contribution in [2.24, 2.45) is 0 Å². The summed E-state index contributed by atoms with van der Waals surface area (Å²) in [4.78, 5) is 26.6. The van der Waals surface area contributed by atoms with Crippen molar-refractivity contribution in [1.29, 1.82) is 0 Å². The highest BCUT2D eigenvalue weighted by Gasteiger charge is 2.14. The second-order valence-corrected chi connectivity index (χ2v) is 6.03. The van der Waals surface area contributed by atoms with E-state index >= 15 is 0 Å². The minimum atomic E-state index is -0.426. The molecule has 0 saturated carbocycles. The van der Waals surface area contributed by atoms with Gasteiger partial charge in [0.25, 0.3) is 0 Å². The van der Waals surface area contributed by atoms with Gasteiger partial charge in [-0.05, 0) is 37.5 Å². The number of halogens is 1. The monoisotopic (exact) mass is 353 g/mol. The summed E-state index contributed by atoms with van der Waals surface area (Å²) < 4.78 is 5.00. The molecule has 0 amide bonds. The number of nitrogens with zero attached hydrogens (tertiary/aromatic N) is 1. The summed E-state index contributed by atoms with van der Waals surface area (Å²) in [5, 5.41) is 0.507. The molecule has 0 unspecified atom stereocenters. The van der Waals surface area contributed by atoms with Crippen molar-refractivity contribution in [3.8, 4) is 0 Å². The summed E-state index contributed by atoms with van der Waals surface area (Å²) in [6.07, 6.45) is 5.02. The molecule has 0 spiro atoms. The lowest BCUT2D eigenvalue weighted by molar-refractivity contribution is -0.140. The fraction of sp³-hybridized carbons (Fsp3) is 0.294. The van der Waals surface area contributed by atoms with E-state index in [1.807, 2.05) is 6.26 Å². The Morgan fingerprint density at radius 2 is 2.00 bits per heavy atom. The summed E-state index contributed by atoms with van der Waals surface area (Å²) >= 11 is 7.23. The lowest BCUT2D eigenvalue weighted by Gasteiger charge is -2.15. The molecule has 0 aliphatic carbocycles. The fourth-order valence-corrected chi connectivity index (χ4v) is 2.47. The van der Waals surface area contributed by atoms with Gasteiger partial charge in [-0.3, -0.25) is 4.79 Å². The van der Waals surface area contributed by atoms with E-state index in [1.54, 1.807) is 62.3 Å². The van der Waals surface area contributed by atoms with Crippen LogP contribution in [0.2, 0.25) is 5.02 Å². The van der Waals surface area contributed by atoms with Crippen molar-refractivity contribution in [1.82, 2.24) is 4.90 Å². The first-order valence-corrected chi connectivity index (χ1v) is 8.61. The molecule has 1 aromatic carbocycles. The molecule has 0 heterocycles.